The van der Waals surface area contributed by atoms with Gasteiger partial charge in [0.1, 0.15) is 12.4 Å². The second-order valence-electron chi connectivity index (χ2n) is 5.70. The molecule has 3 rings (SSSR count). The topological polar surface area (TPSA) is 73.9 Å². The molecule has 2 heterocycles. The number of carbonyl (C=O) groups is 2. The zero-order valence-electron chi connectivity index (χ0n) is 14.2. The molecular formula is C18H17F2NO5. The lowest BCUT2D eigenvalue weighted by Gasteiger charge is -2.28. The van der Waals surface area contributed by atoms with Gasteiger partial charge in [0.25, 0.3) is 0 Å². The lowest BCUT2D eigenvalue weighted by Crippen LogP contribution is -2.30. The molecule has 138 valence electrons. The first-order valence-electron chi connectivity index (χ1n) is 8.02. The van der Waals surface area contributed by atoms with Crippen molar-refractivity contribution in [2.45, 2.75) is 26.4 Å². The molecule has 1 N–H and O–H groups in total. The molecule has 2 aliphatic rings. The normalized spacial score (nSPS) is 19.3. The lowest BCUT2D eigenvalue weighted by molar-refractivity contribution is -0.138. The van der Waals surface area contributed by atoms with Crippen LogP contribution in [0.15, 0.2) is 46.8 Å². The minimum Gasteiger partial charge on any atom is -0.463 e. The van der Waals surface area contributed by atoms with Crippen LogP contribution in [0.4, 0.5) is 8.78 Å². The summed E-state index contributed by atoms with van der Waals surface area (Å²) in [5.41, 5.74) is 1.59. The molecule has 0 radical (unpaired) electrons. The average Bonchev–Trinajstić information content (AvgIpc) is 2.94. The highest BCUT2D eigenvalue weighted by atomic mass is 19.3. The van der Waals surface area contributed by atoms with Crippen molar-refractivity contribution in [3.8, 4) is 5.75 Å². The Bertz CT molecular complexity index is 816. The number of halogens is 2. The molecule has 0 amide bonds. The van der Waals surface area contributed by atoms with Gasteiger partial charge in [-0.25, -0.2) is 9.59 Å². The number of alkyl halides is 2. The van der Waals surface area contributed by atoms with E-state index in [9.17, 15) is 18.4 Å². The summed E-state index contributed by atoms with van der Waals surface area (Å²) in [6, 6.07) is 6.05. The third-order valence-corrected chi connectivity index (χ3v) is 4.15. The van der Waals surface area contributed by atoms with Crippen molar-refractivity contribution in [3.63, 3.8) is 0 Å². The fourth-order valence-corrected chi connectivity index (χ4v) is 3.18. The Morgan fingerprint density at radius 3 is 2.81 bits per heavy atom. The fraction of sp³-hybridized carbons (Fsp3) is 0.333. The SMILES string of the molecule is CCOC(=O)C1=C(C)NC2=C(C(=O)OC2)C1c1ccccc1OC(F)F. The van der Waals surface area contributed by atoms with Crippen LogP contribution in [-0.4, -0.2) is 31.8 Å². The van der Waals surface area contributed by atoms with Crippen LogP contribution < -0.4 is 10.1 Å². The number of allylic oxidation sites excluding steroid dienone is 1. The van der Waals surface area contributed by atoms with E-state index in [1.807, 2.05) is 0 Å². The molecular weight excluding hydrogens is 348 g/mol. The van der Waals surface area contributed by atoms with E-state index in [0.717, 1.165) is 0 Å². The van der Waals surface area contributed by atoms with Crippen LogP contribution in [-0.2, 0) is 19.1 Å². The van der Waals surface area contributed by atoms with Gasteiger partial charge in [0.05, 0.1) is 29.4 Å². The van der Waals surface area contributed by atoms with Crippen LogP contribution in [0.3, 0.4) is 0 Å². The van der Waals surface area contributed by atoms with Crippen LogP contribution in [0, 0.1) is 0 Å². The van der Waals surface area contributed by atoms with E-state index < -0.39 is 24.5 Å². The summed E-state index contributed by atoms with van der Waals surface area (Å²) in [5.74, 6) is -2.29. The average molecular weight is 365 g/mol. The van der Waals surface area contributed by atoms with Crippen molar-refractivity contribution >= 4 is 11.9 Å². The molecule has 1 aromatic rings. The Morgan fingerprint density at radius 2 is 2.12 bits per heavy atom. The van der Waals surface area contributed by atoms with Crippen LogP contribution >= 0.6 is 0 Å². The first kappa shape index (κ1) is 17.9. The summed E-state index contributed by atoms with van der Waals surface area (Å²) >= 11 is 0. The largest absolute Gasteiger partial charge is 0.463 e. The Hall–Kier alpha value is -2.90. The standard InChI is InChI=1S/C18H17F2NO5/c1-3-24-16(22)13-9(2)21-11-8-25-17(23)15(11)14(13)10-6-4-5-7-12(10)26-18(19)20/h4-7,14,18,21H,3,8H2,1-2H3. The number of hydrogen-bond donors (Lipinski definition) is 1. The second-order valence-corrected chi connectivity index (χ2v) is 5.70. The number of para-hydroxylation sites is 1. The van der Waals surface area contributed by atoms with Gasteiger partial charge in [-0.15, -0.1) is 0 Å². The van der Waals surface area contributed by atoms with Crippen LogP contribution in [0.2, 0.25) is 0 Å². The number of cyclic esters (lactones) is 1. The Morgan fingerprint density at radius 1 is 1.38 bits per heavy atom. The predicted molar refractivity (Wildman–Crippen MR) is 86.3 cm³/mol. The first-order chi connectivity index (χ1) is 12.4. The van der Waals surface area contributed by atoms with Gasteiger partial charge in [-0.3, -0.25) is 0 Å². The van der Waals surface area contributed by atoms with Crippen molar-refractivity contribution in [1.29, 1.82) is 0 Å². The van der Waals surface area contributed by atoms with Crippen LogP contribution in [0.1, 0.15) is 25.3 Å². The Balaban J connectivity index is 2.17. The van der Waals surface area contributed by atoms with E-state index in [2.05, 4.69) is 10.1 Å². The molecule has 0 spiro atoms. The maximum atomic E-state index is 12.8. The highest BCUT2D eigenvalue weighted by Gasteiger charge is 2.43. The number of benzene rings is 1. The number of esters is 2. The van der Waals surface area contributed by atoms with E-state index in [1.165, 1.54) is 18.2 Å². The van der Waals surface area contributed by atoms with Crippen molar-refractivity contribution in [2.24, 2.45) is 0 Å². The molecule has 0 bridgehead atoms. The number of ether oxygens (including phenoxy) is 3. The van der Waals surface area contributed by atoms with Gasteiger partial charge in [-0.1, -0.05) is 18.2 Å². The highest BCUT2D eigenvalue weighted by Crippen LogP contribution is 2.44. The smallest absolute Gasteiger partial charge is 0.387 e. The van der Waals surface area contributed by atoms with E-state index in [4.69, 9.17) is 9.47 Å². The molecule has 1 aromatic carbocycles. The summed E-state index contributed by atoms with van der Waals surface area (Å²) in [6.07, 6.45) is 0. The molecule has 0 aliphatic carbocycles. The molecule has 2 aliphatic heterocycles. The monoisotopic (exact) mass is 365 g/mol. The van der Waals surface area contributed by atoms with Crippen molar-refractivity contribution < 1.29 is 32.6 Å². The third-order valence-electron chi connectivity index (χ3n) is 4.15. The molecule has 8 heteroatoms. The quantitative estimate of drug-likeness (QED) is 0.809. The molecule has 26 heavy (non-hydrogen) atoms. The van der Waals surface area contributed by atoms with Crippen molar-refractivity contribution in [2.75, 3.05) is 13.2 Å². The highest BCUT2D eigenvalue weighted by molar-refractivity contribution is 6.01. The van der Waals surface area contributed by atoms with E-state index in [0.29, 0.717) is 11.4 Å². The van der Waals surface area contributed by atoms with Gasteiger partial charge >= 0.3 is 18.6 Å². The number of hydrogen-bond acceptors (Lipinski definition) is 6. The van der Waals surface area contributed by atoms with E-state index in [1.54, 1.807) is 19.9 Å². The Labute approximate surface area is 148 Å². The van der Waals surface area contributed by atoms with E-state index >= 15 is 0 Å². The summed E-state index contributed by atoms with van der Waals surface area (Å²) in [7, 11) is 0. The van der Waals surface area contributed by atoms with Gasteiger partial charge in [-0.2, -0.15) is 8.78 Å². The number of rotatable bonds is 5. The fourth-order valence-electron chi connectivity index (χ4n) is 3.18. The molecule has 0 saturated heterocycles. The third kappa shape index (κ3) is 3.14. The summed E-state index contributed by atoms with van der Waals surface area (Å²) in [4.78, 5) is 24.8. The van der Waals surface area contributed by atoms with E-state index in [-0.39, 0.29) is 35.7 Å². The molecule has 0 aromatic heterocycles. The lowest BCUT2D eigenvalue weighted by atomic mass is 9.80. The van der Waals surface area contributed by atoms with Gasteiger partial charge in [-0.05, 0) is 19.9 Å². The minimum absolute atomic E-state index is 0.0238. The number of carbonyl (C=O) groups excluding carboxylic acids is 2. The molecule has 1 unspecified atom stereocenters. The number of dihydropyridines is 1. The van der Waals surface area contributed by atoms with Crippen molar-refractivity contribution in [3.05, 3.63) is 52.4 Å². The zero-order chi connectivity index (χ0) is 18.8. The van der Waals surface area contributed by atoms with Gasteiger partial charge in [0.2, 0.25) is 0 Å². The summed E-state index contributed by atoms with van der Waals surface area (Å²) in [5, 5.41) is 2.98. The molecule has 0 fully saturated rings. The van der Waals surface area contributed by atoms with Crippen molar-refractivity contribution in [1.82, 2.24) is 5.32 Å². The van der Waals surface area contributed by atoms with Gasteiger partial charge in [0, 0.05) is 11.3 Å². The second kappa shape index (κ2) is 7.15. The summed E-state index contributed by atoms with van der Waals surface area (Å²) < 4.78 is 40.4. The van der Waals surface area contributed by atoms with Crippen LogP contribution in [0.25, 0.3) is 0 Å². The summed E-state index contributed by atoms with van der Waals surface area (Å²) in [6.45, 7) is 0.422. The predicted octanol–water partition coefficient (Wildman–Crippen LogP) is 2.62. The molecule has 0 saturated carbocycles. The van der Waals surface area contributed by atoms with Crippen LogP contribution in [0.5, 0.6) is 5.75 Å². The Kier molecular flexibility index (Phi) is 4.92. The maximum Gasteiger partial charge on any atom is 0.387 e. The first-order valence-corrected chi connectivity index (χ1v) is 8.02. The van der Waals surface area contributed by atoms with Gasteiger partial charge in [0.15, 0.2) is 0 Å². The zero-order valence-corrected chi connectivity index (χ0v) is 14.2. The number of nitrogens with one attached hydrogen (secondary N) is 1. The molecule has 1 atom stereocenters. The maximum absolute atomic E-state index is 12.8. The minimum atomic E-state index is -3.04. The molecule has 6 nitrogen and oxygen atoms in total. The van der Waals surface area contributed by atoms with Gasteiger partial charge < -0.3 is 19.5 Å².